The third-order valence-corrected chi connectivity index (χ3v) is 6.49. The number of benzene rings is 2. The van der Waals surface area contributed by atoms with Crippen LogP contribution >= 0.6 is 24.0 Å². The molecule has 0 aliphatic carbocycles. The maximum absolute atomic E-state index is 13.8. The first-order chi connectivity index (χ1) is 13.7. The van der Waals surface area contributed by atoms with Gasteiger partial charge < -0.3 is 15.4 Å². The van der Waals surface area contributed by atoms with E-state index in [1.54, 1.807) is 7.05 Å². The zero-order chi connectivity index (χ0) is 21.1. The van der Waals surface area contributed by atoms with Crippen LogP contribution in [-0.4, -0.2) is 39.3 Å². The summed E-state index contributed by atoms with van der Waals surface area (Å²) in [7, 11) is -2.11. The van der Waals surface area contributed by atoms with Crippen molar-refractivity contribution in [3.05, 3.63) is 59.9 Å². The van der Waals surface area contributed by atoms with Gasteiger partial charge in [-0.3, -0.25) is 4.99 Å². The van der Waals surface area contributed by atoms with Crippen LogP contribution in [0.15, 0.2) is 58.4 Å². The number of nitrogens with zero attached hydrogens (tertiary/aromatic N) is 1. The van der Waals surface area contributed by atoms with Gasteiger partial charge in [0.05, 0.1) is 11.8 Å². The Bertz CT molecular complexity index is 1010. The van der Waals surface area contributed by atoms with E-state index in [0.29, 0.717) is 5.96 Å². The lowest BCUT2D eigenvalue weighted by molar-refractivity contribution is 0.0694. The molecule has 1 atom stereocenters. The number of guanidine groups is 1. The summed E-state index contributed by atoms with van der Waals surface area (Å²) in [5.41, 5.74) is 0.674. The Balaban J connectivity index is 0.00000320. The van der Waals surface area contributed by atoms with E-state index in [2.05, 4.69) is 15.6 Å². The lowest BCUT2D eigenvalue weighted by Crippen LogP contribution is -2.46. The molecule has 0 amide bonds. The summed E-state index contributed by atoms with van der Waals surface area (Å²) in [6.45, 7) is 4.15. The van der Waals surface area contributed by atoms with Crippen LogP contribution in [0.4, 0.5) is 4.39 Å². The second-order valence-electron chi connectivity index (χ2n) is 7.55. The number of halogens is 2. The van der Waals surface area contributed by atoms with Crippen molar-refractivity contribution >= 4 is 39.8 Å². The molecule has 1 aliphatic rings. The second-order valence-corrected chi connectivity index (χ2v) is 9.63. The van der Waals surface area contributed by atoms with E-state index in [-0.39, 0.29) is 52.8 Å². The summed E-state index contributed by atoms with van der Waals surface area (Å²) in [6, 6.07) is 13.2. The normalized spacial score (nSPS) is 17.9. The van der Waals surface area contributed by atoms with Crippen LogP contribution in [-0.2, 0) is 9.84 Å². The first-order valence-electron chi connectivity index (χ1n) is 9.44. The average molecular weight is 547 g/mol. The van der Waals surface area contributed by atoms with Crippen molar-refractivity contribution in [2.45, 2.75) is 36.8 Å². The standard InChI is InChI=1S/C21H26FN3O3S.HI/c1-21(2)14-17(15-8-4-6-10-18(15)28-21)25-20(23-3)24-12-13-29(26,27)19-11-7-5-9-16(19)22;/h4-11,17H,12-14H2,1-3H3,(H2,23,24,25);1H. The number of para-hydroxylation sites is 1. The van der Waals surface area contributed by atoms with E-state index in [4.69, 9.17) is 4.74 Å². The van der Waals surface area contributed by atoms with Crippen molar-refractivity contribution in [1.29, 1.82) is 0 Å². The van der Waals surface area contributed by atoms with Gasteiger partial charge in [-0.05, 0) is 32.0 Å². The fourth-order valence-electron chi connectivity index (χ4n) is 3.40. The molecule has 30 heavy (non-hydrogen) atoms. The Hall–Kier alpha value is -1.88. The van der Waals surface area contributed by atoms with Crippen LogP contribution in [0, 0.1) is 5.82 Å². The molecule has 0 saturated heterocycles. The van der Waals surface area contributed by atoms with Crippen molar-refractivity contribution < 1.29 is 17.5 Å². The third kappa shape index (κ3) is 5.84. The van der Waals surface area contributed by atoms with Gasteiger partial charge in [-0.1, -0.05) is 30.3 Å². The Kier molecular flexibility index (Phi) is 8.09. The van der Waals surface area contributed by atoms with Gasteiger partial charge in [0.2, 0.25) is 0 Å². The Labute approximate surface area is 194 Å². The number of sulfone groups is 1. The van der Waals surface area contributed by atoms with Crippen LogP contribution in [0.3, 0.4) is 0 Å². The lowest BCUT2D eigenvalue weighted by Gasteiger charge is -2.38. The first-order valence-corrected chi connectivity index (χ1v) is 11.1. The van der Waals surface area contributed by atoms with Gasteiger partial charge in [0.1, 0.15) is 22.1 Å². The van der Waals surface area contributed by atoms with Crippen molar-refractivity contribution in [3.8, 4) is 5.75 Å². The zero-order valence-corrected chi connectivity index (χ0v) is 20.3. The molecule has 1 aliphatic heterocycles. The molecule has 2 N–H and O–H groups in total. The van der Waals surface area contributed by atoms with Crippen LogP contribution < -0.4 is 15.4 Å². The van der Waals surface area contributed by atoms with E-state index >= 15 is 0 Å². The van der Waals surface area contributed by atoms with Crippen molar-refractivity contribution in [1.82, 2.24) is 10.6 Å². The molecular formula is C21H27FIN3O3S. The summed E-state index contributed by atoms with van der Waals surface area (Å²) in [5.74, 6) is 0.311. The van der Waals surface area contributed by atoms with E-state index < -0.39 is 15.7 Å². The predicted octanol–water partition coefficient (Wildman–Crippen LogP) is 3.68. The van der Waals surface area contributed by atoms with Gasteiger partial charge in [0.15, 0.2) is 15.8 Å². The molecule has 0 aromatic heterocycles. The van der Waals surface area contributed by atoms with Gasteiger partial charge in [0, 0.05) is 25.6 Å². The number of rotatable bonds is 5. The lowest BCUT2D eigenvalue weighted by atomic mass is 9.90. The van der Waals surface area contributed by atoms with Gasteiger partial charge in [-0.15, -0.1) is 24.0 Å². The largest absolute Gasteiger partial charge is 0.487 e. The average Bonchev–Trinajstić information content (AvgIpc) is 2.66. The fourth-order valence-corrected chi connectivity index (χ4v) is 4.64. The summed E-state index contributed by atoms with van der Waals surface area (Å²) >= 11 is 0. The molecule has 0 bridgehead atoms. The minimum Gasteiger partial charge on any atom is -0.487 e. The summed E-state index contributed by atoms with van der Waals surface area (Å²) < 4.78 is 44.7. The minimum atomic E-state index is -3.74. The number of fused-ring (bicyclic) bond motifs is 1. The first kappa shape index (κ1) is 24.4. The quantitative estimate of drug-likeness (QED) is 0.339. The predicted molar refractivity (Wildman–Crippen MR) is 127 cm³/mol. The molecule has 2 aromatic rings. The van der Waals surface area contributed by atoms with Crippen LogP contribution in [0.5, 0.6) is 5.75 Å². The Morgan fingerprint density at radius 2 is 1.87 bits per heavy atom. The van der Waals surface area contributed by atoms with Crippen LogP contribution in [0.1, 0.15) is 31.9 Å². The third-order valence-electron chi connectivity index (χ3n) is 4.75. The number of ether oxygens (including phenoxy) is 1. The van der Waals surface area contributed by atoms with Crippen LogP contribution in [0.25, 0.3) is 0 Å². The molecule has 1 unspecified atom stereocenters. The Morgan fingerprint density at radius 1 is 1.20 bits per heavy atom. The molecule has 9 heteroatoms. The molecule has 164 valence electrons. The van der Waals surface area contributed by atoms with E-state index in [0.717, 1.165) is 23.8 Å². The zero-order valence-electron chi connectivity index (χ0n) is 17.2. The molecule has 0 spiro atoms. The molecule has 6 nitrogen and oxygen atoms in total. The topological polar surface area (TPSA) is 79.8 Å². The number of aliphatic imine (C=N–C) groups is 1. The SMILES string of the molecule is CN=C(NCCS(=O)(=O)c1ccccc1F)NC1CC(C)(C)Oc2ccccc21.I. The van der Waals surface area contributed by atoms with Crippen molar-refractivity contribution in [2.75, 3.05) is 19.3 Å². The number of hydrogen-bond acceptors (Lipinski definition) is 4. The van der Waals surface area contributed by atoms with Crippen molar-refractivity contribution in [2.24, 2.45) is 4.99 Å². The van der Waals surface area contributed by atoms with Crippen LogP contribution in [0.2, 0.25) is 0 Å². The van der Waals surface area contributed by atoms with E-state index in [1.165, 1.54) is 18.2 Å². The maximum atomic E-state index is 13.8. The van der Waals surface area contributed by atoms with Gasteiger partial charge in [-0.25, -0.2) is 12.8 Å². The van der Waals surface area contributed by atoms with Gasteiger partial charge in [-0.2, -0.15) is 0 Å². The highest BCUT2D eigenvalue weighted by Crippen LogP contribution is 2.39. The Morgan fingerprint density at radius 3 is 2.57 bits per heavy atom. The molecule has 0 radical (unpaired) electrons. The fraction of sp³-hybridized carbons (Fsp3) is 0.381. The van der Waals surface area contributed by atoms with E-state index in [1.807, 2.05) is 38.1 Å². The molecule has 0 fully saturated rings. The molecular weight excluding hydrogens is 520 g/mol. The van der Waals surface area contributed by atoms with Gasteiger partial charge in [0.25, 0.3) is 0 Å². The summed E-state index contributed by atoms with van der Waals surface area (Å²) in [6.07, 6.45) is 0.720. The summed E-state index contributed by atoms with van der Waals surface area (Å²) in [4.78, 5) is 3.91. The smallest absolute Gasteiger partial charge is 0.191 e. The summed E-state index contributed by atoms with van der Waals surface area (Å²) in [5, 5.41) is 6.36. The monoisotopic (exact) mass is 547 g/mol. The second kappa shape index (κ2) is 9.95. The highest BCUT2D eigenvalue weighted by Gasteiger charge is 2.34. The molecule has 2 aromatic carbocycles. The van der Waals surface area contributed by atoms with Gasteiger partial charge >= 0.3 is 0 Å². The molecule has 1 heterocycles. The minimum absolute atomic E-state index is 0. The van der Waals surface area contributed by atoms with Crippen molar-refractivity contribution in [3.63, 3.8) is 0 Å². The number of hydrogen-bond donors (Lipinski definition) is 2. The highest BCUT2D eigenvalue weighted by atomic mass is 127. The maximum Gasteiger partial charge on any atom is 0.191 e. The van der Waals surface area contributed by atoms with E-state index in [9.17, 15) is 12.8 Å². The number of nitrogens with one attached hydrogen (secondary N) is 2. The highest BCUT2D eigenvalue weighted by molar-refractivity contribution is 14.0. The molecule has 3 rings (SSSR count). The molecule has 0 saturated carbocycles.